The van der Waals surface area contributed by atoms with Gasteiger partial charge in [0.15, 0.2) is 0 Å². The third kappa shape index (κ3) is 8.77. The molecule has 3 unspecified atom stereocenters. The highest BCUT2D eigenvalue weighted by Crippen LogP contribution is 2.05. The molecule has 0 fully saturated rings. The van der Waals surface area contributed by atoms with Gasteiger partial charge in [0.25, 0.3) is 0 Å². The van der Waals surface area contributed by atoms with E-state index in [4.69, 9.17) is 15.9 Å². The van der Waals surface area contributed by atoms with Crippen LogP contribution in [0, 0.1) is 11.8 Å². The molecule has 10 nitrogen and oxygen atoms in total. The smallest absolute Gasteiger partial charge is 0.326 e. The molecule has 0 saturated carbocycles. The molecule has 0 rings (SSSR count). The summed E-state index contributed by atoms with van der Waals surface area (Å²) >= 11 is 0. The number of aliphatic hydroxyl groups excluding tert-OH is 1. The standard InChI is InChI=1S/C16H30N4O6/c1-8(2)5-11(19-14(23)10(17)7-21)15(24)18-6-12(22)20-13(9(3)4)16(25)26/h8-11,13,21H,5-7,17H2,1-4H3,(H,18,24)(H,19,23)(H,20,22)(H,25,26). The van der Waals surface area contributed by atoms with Crippen LogP contribution in [0.5, 0.6) is 0 Å². The molecular weight excluding hydrogens is 344 g/mol. The van der Waals surface area contributed by atoms with E-state index in [1.165, 1.54) is 0 Å². The van der Waals surface area contributed by atoms with Gasteiger partial charge in [-0.25, -0.2) is 4.79 Å². The van der Waals surface area contributed by atoms with Gasteiger partial charge in [0.05, 0.1) is 13.2 Å². The Morgan fingerprint density at radius 3 is 2.00 bits per heavy atom. The molecule has 26 heavy (non-hydrogen) atoms. The van der Waals surface area contributed by atoms with Crippen LogP contribution in [0.1, 0.15) is 34.1 Å². The molecule has 150 valence electrons. The zero-order valence-electron chi connectivity index (χ0n) is 15.6. The number of aliphatic hydroxyl groups is 1. The van der Waals surface area contributed by atoms with E-state index in [0.717, 1.165) is 0 Å². The molecule has 0 bridgehead atoms. The molecule has 0 aliphatic carbocycles. The minimum absolute atomic E-state index is 0.0718. The molecule has 0 radical (unpaired) electrons. The van der Waals surface area contributed by atoms with Gasteiger partial charge in [0, 0.05) is 0 Å². The molecule has 0 aromatic rings. The number of hydrogen-bond acceptors (Lipinski definition) is 6. The van der Waals surface area contributed by atoms with Crippen LogP contribution in [0.4, 0.5) is 0 Å². The minimum Gasteiger partial charge on any atom is -0.480 e. The Kier molecular flexibility index (Phi) is 10.5. The van der Waals surface area contributed by atoms with Crippen molar-refractivity contribution in [1.29, 1.82) is 0 Å². The normalized spacial score (nSPS) is 14.5. The number of carbonyl (C=O) groups is 4. The van der Waals surface area contributed by atoms with E-state index >= 15 is 0 Å². The van der Waals surface area contributed by atoms with Gasteiger partial charge >= 0.3 is 5.97 Å². The van der Waals surface area contributed by atoms with Gasteiger partial charge in [-0.1, -0.05) is 27.7 Å². The summed E-state index contributed by atoms with van der Waals surface area (Å²) in [6, 6.07) is -3.13. The summed E-state index contributed by atoms with van der Waals surface area (Å²) < 4.78 is 0. The van der Waals surface area contributed by atoms with Crippen molar-refractivity contribution in [2.75, 3.05) is 13.2 Å². The molecule has 0 aliphatic heterocycles. The van der Waals surface area contributed by atoms with Crippen molar-refractivity contribution in [3.63, 3.8) is 0 Å². The zero-order chi connectivity index (χ0) is 20.4. The number of carboxylic acid groups (broad SMARTS) is 1. The number of hydrogen-bond donors (Lipinski definition) is 6. The second-order valence-electron chi connectivity index (χ2n) is 6.83. The van der Waals surface area contributed by atoms with E-state index in [-0.39, 0.29) is 11.8 Å². The molecule has 0 saturated heterocycles. The molecule has 7 N–H and O–H groups in total. The first kappa shape index (κ1) is 23.8. The van der Waals surface area contributed by atoms with Crippen molar-refractivity contribution in [3.8, 4) is 0 Å². The van der Waals surface area contributed by atoms with Crippen molar-refractivity contribution in [3.05, 3.63) is 0 Å². The van der Waals surface area contributed by atoms with E-state index in [9.17, 15) is 19.2 Å². The van der Waals surface area contributed by atoms with E-state index in [1.807, 2.05) is 13.8 Å². The summed E-state index contributed by atoms with van der Waals surface area (Å²) in [6.45, 7) is 6.02. The Labute approximate surface area is 152 Å². The monoisotopic (exact) mass is 374 g/mol. The highest BCUT2D eigenvalue weighted by Gasteiger charge is 2.26. The van der Waals surface area contributed by atoms with Crippen LogP contribution in [0.2, 0.25) is 0 Å². The van der Waals surface area contributed by atoms with Crippen LogP contribution < -0.4 is 21.7 Å². The van der Waals surface area contributed by atoms with Gasteiger partial charge in [0.2, 0.25) is 17.7 Å². The summed E-state index contributed by atoms with van der Waals surface area (Å²) in [7, 11) is 0. The summed E-state index contributed by atoms with van der Waals surface area (Å²) in [5.74, 6) is -3.33. The molecule has 10 heteroatoms. The van der Waals surface area contributed by atoms with Crippen molar-refractivity contribution >= 4 is 23.7 Å². The van der Waals surface area contributed by atoms with E-state index in [2.05, 4.69) is 16.0 Å². The number of nitrogens with two attached hydrogens (primary N) is 1. The zero-order valence-corrected chi connectivity index (χ0v) is 15.6. The maximum atomic E-state index is 12.3. The highest BCUT2D eigenvalue weighted by molar-refractivity contribution is 5.92. The van der Waals surface area contributed by atoms with Gasteiger partial charge < -0.3 is 31.9 Å². The van der Waals surface area contributed by atoms with E-state index in [0.29, 0.717) is 6.42 Å². The van der Waals surface area contributed by atoms with Crippen LogP contribution in [-0.2, 0) is 19.2 Å². The number of carboxylic acids is 1. The molecule has 0 spiro atoms. The van der Waals surface area contributed by atoms with Crippen LogP contribution in [0.15, 0.2) is 0 Å². The number of aliphatic carboxylic acids is 1. The molecule has 3 atom stereocenters. The number of carbonyl (C=O) groups excluding carboxylic acids is 3. The van der Waals surface area contributed by atoms with Gasteiger partial charge in [-0.05, 0) is 18.3 Å². The van der Waals surface area contributed by atoms with Gasteiger partial charge in [-0.3, -0.25) is 14.4 Å². The molecular formula is C16H30N4O6. The lowest BCUT2D eigenvalue weighted by Crippen LogP contribution is -2.54. The van der Waals surface area contributed by atoms with Crippen molar-refractivity contribution < 1.29 is 29.4 Å². The van der Waals surface area contributed by atoms with E-state index in [1.54, 1.807) is 13.8 Å². The van der Waals surface area contributed by atoms with E-state index < -0.39 is 55.0 Å². The van der Waals surface area contributed by atoms with Gasteiger partial charge in [-0.15, -0.1) is 0 Å². The summed E-state index contributed by atoms with van der Waals surface area (Å²) in [6.07, 6.45) is 0.307. The predicted octanol–water partition coefficient (Wildman–Crippen LogP) is -1.82. The maximum absolute atomic E-state index is 12.3. The van der Waals surface area contributed by atoms with Crippen molar-refractivity contribution in [2.45, 2.75) is 52.2 Å². The molecule has 0 aromatic heterocycles. The van der Waals surface area contributed by atoms with Crippen LogP contribution in [0.3, 0.4) is 0 Å². The van der Waals surface area contributed by atoms with Gasteiger partial charge in [0.1, 0.15) is 18.1 Å². The summed E-state index contributed by atoms with van der Waals surface area (Å²) in [4.78, 5) is 47.0. The van der Waals surface area contributed by atoms with Crippen molar-refractivity contribution in [1.82, 2.24) is 16.0 Å². The number of amides is 3. The first-order valence-electron chi connectivity index (χ1n) is 8.46. The third-order valence-corrected chi connectivity index (χ3v) is 3.55. The lowest BCUT2D eigenvalue weighted by Gasteiger charge is -2.22. The Bertz CT molecular complexity index is 509. The molecule has 0 aromatic carbocycles. The Morgan fingerprint density at radius 1 is 1.00 bits per heavy atom. The Balaban J connectivity index is 4.76. The van der Waals surface area contributed by atoms with Gasteiger partial charge in [-0.2, -0.15) is 0 Å². The fraction of sp³-hybridized carbons (Fsp3) is 0.750. The van der Waals surface area contributed by atoms with Crippen LogP contribution >= 0.6 is 0 Å². The number of nitrogens with one attached hydrogen (secondary N) is 3. The largest absolute Gasteiger partial charge is 0.480 e. The quantitative estimate of drug-likeness (QED) is 0.247. The second-order valence-corrected chi connectivity index (χ2v) is 6.83. The van der Waals surface area contributed by atoms with Crippen molar-refractivity contribution in [2.24, 2.45) is 17.6 Å². The third-order valence-electron chi connectivity index (χ3n) is 3.55. The predicted molar refractivity (Wildman–Crippen MR) is 93.9 cm³/mol. The number of rotatable bonds is 11. The molecule has 3 amide bonds. The fourth-order valence-corrected chi connectivity index (χ4v) is 2.09. The molecule has 0 heterocycles. The fourth-order valence-electron chi connectivity index (χ4n) is 2.09. The Morgan fingerprint density at radius 2 is 1.58 bits per heavy atom. The first-order valence-corrected chi connectivity index (χ1v) is 8.46. The second kappa shape index (κ2) is 11.4. The Hall–Kier alpha value is -2.20. The maximum Gasteiger partial charge on any atom is 0.326 e. The average Bonchev–Trinajstić information content (AvgIpc) is 2.54. The lowest BCUT2D eigenvalue weighted by molar-refractivity contribution is -0.143. The average molecular weight is 374 g/mol. The lowest BCUT2D eigenvalue weighted by atomic mass is 10.0. The summed E-state index contributed by atoms with van der Waals surface area (Å²) in [5.41, 5.74) is 5.42. The van der Waals surface area contributed by atoms with Crippen LogP contribution in [0.25, 0.3) is 0 Å². The minimum atomic E-state index is -1.16. The summed E-state index contributed by atoms with van der Waals surface area (Å²) in [5, 5.41) is 25.1. The van der Waals surface area contributed by atoms with Crippen LogP contribution in [-0.4, -0.2) is 65.2 Å². The molecule has 0 aliphatic rings. The topological polar surface area (TPSA) is 171 Å². The highest BCUT2D eigenvalue weighted by atomic mass is 16.4. The SMILES string of the molecule is CC(C)CC(NC(=O)C(N)CO)C(=O)NCC(=O)NC(C(=O)O)C(C)C. The first-order chi connectivity index (χ1) is 12.0.